The number of ether oxygens (including phenoxy) is 1. The standard InChI is InChI=1S/C15H19N3O/c1-11(2)18-9-13-8-12(4-5-15(13)19-3)14-10-16-6-7-17-14/h4-8,10-11,18H,9H2,1-3H3. The van der Waals surface area contributed by atoms with Crippen molar-refractivity contribution in [1.82, 2.24) is 15.3 Å². The molecule has 0 unspecified atom stereocenters. The molecular formula is C15H19N3O. The van der Waals surface area contributed by atoms with Gasteiger partial charge in [0.05, 0.1) is 19.0 Å². The van der Waals surface area contributed by atoms with Gasteiger partial charge in [0.2, 0.25) is 0 Å². The van der Waals surface area contributed by atoms with E-state index in [2.05, 4.69) is 35.2 Å². The molecular weight excluding hydrogens is 238 g/mol. The van der Waals surface area contributed by atoms with Crippen LogP contribution in [0.5, 0.6) is 5.75 Å². The normalized spacial score (nSPS) is 10.7. The van der Waals surface area contributed by atoms with Gasteiger partial charge in [0.25, 0.3) is 0 Å². The van der Waals surface area contributed by atoms with Crippen LogP contribution in [0.1, 0.15) is 19.4 Å². The lowest BCUT2D eigenvalue weighted by molar-refractivity contribution is 0.406. The highest BCUT2D eigenvalue weighted by atomic mass is 16.5. The Morgan fingerprint density at radius 3 is 2.74 bits per heavy atom. The lowest BCUT2D eigenvalue weighted by Gasteiger charge is -2.13. The van der Waals surface area contributed by atoms with Crippen LogP contribution in [0.25, 0.3) is 11.3 Å². The summed E-state index contributed by atoms with van der Waals surface area (Å²) in [6.07, 6.45) is 5.14. The zero-order valence-electron chi connectivity index (χ0n) is 11.6. The van der Waals surface area contributed by atoms with Gasteiger partial charge in [0.1, 0.15) is 5.75 Å². The van der Waals surface area contributed by atoms with Crippen LogP contribution in [0, 0.1) is 0 Å². The first-order valence-corrected chi connectivity index (χ1v) is 6.37. The molecule has 1 heterocycles. The largest absolute Gasteiger partial charge is 0.496 e. The van der Waals surface area contributed by atoms with E-state index in [9.17, 15) is 0 Å². The number of hydrogen-bond donors (Lipinski definition) is 1. The topological polar surface area (TPSA) is 47.0 Å². The second kappa shape index (κ2) is 6.29. The van der Waals surface area contributed by atoms with Gasteiger partial charge >= 0.3 is 0 Å². The molecule has 0 fully saturated rings. The smallest absolute Gasteiger partial charge is 0.123 e. The van der Waals surface area contributed by atoms with Crippen LogP contribution in [0.4, 0.5) is 0 Å². The van der Waals surface area contributed by atoms with Gasteiger partial charge in [-0.3, -0.25) is 9.97 Å². The number of hydrogen-bond acceptors (Lipinski definition) is 4. The molecule has 1 aromatic carbocycles. The van der Waals surface area contributed by atoms with E-state index < -0.39 is 0 Å². The maximum Gasteiger partial charge on any atom is 0.123 e. The summed E-state index contributed by atoms with van der Waals surface area (Å²) >= 11 is 0. The molecule has 2 rings (SSSR count). The number of rotatable bonds is 5. The molecule has 0 spiro atoms. The van der Waals surface area contributed by atoms with Crippen molar-refractivity contribution in [2.45, 2.75) is 26.4 Å². The van der Waals surface area contributed by atoms with Crippen molar-refractivity contribution in [2.75, 3.05) is 7.11 Å². The Morgan fingerprint density at radius 2 is 2.11 bits per heavy atom. The third-order valence-electron chi connectivity index (χ3n) is 2.84. The average Bonchev–Trinajstić information content (AvgIpc) is 2.45. The quantitative estimate of drug-likeness (QED) is 0.894. The minimum absolute atomic E-state index is 0.435. The molecule has 0 amide bonds. The minimum atomic E-state index is 0.435. The molecule has 4 heteroatoms. The van der Waals surface area contributed by atoms with Gasteiger partial charge in [0.15, 0.2) is 0 Å². The van der Waals surface area contributed by atoms with Crippen molar-refractivity contribution < 1.29 is 4.74 Å². The monoisotopic (exact) mass is 257 g/mol. The third kappa shape index (κ3) is 3.51. The average molecular weight is 257 g/mol. The SMILES string of the molecule is COc1ccc(-c2cnccn2)cc1CNC(C)C. The van der Waals surface area contributed by atoms with Gasteiger partial charge in [-0.2, -0.15) is 0 Å². The Balaban J connectivity index is 2.30. The van der Waals surface area contributed by atoms with E-state index in [1.54, 1.807) is 25.7 Å². The second-order valence-corrected chi connectivity index (χ2v) is 4.65. The van der Waals surface area contributed by atoms with E-state index in [4.69, 9.17) is 4.74 Å². The van der Waals surface area contributed by atoms with Gasteiger partial charge in [-0.1, -0.05) is 13.8 Å². The fraction of sp³-hybridized carbons (Fsp3) is 0.333. The molecule has 0 aliphatic carbocycles. The molecule has 4 nitrogen and oxygen atoms in total. The van der Waals surface area contributed by atoms with Gasteiger partial charge in [0, 0.05) is 36.1 Å². The van der Waals surface area contributed by atoms with Crippen LogP contribution in [-0.4, -0.2) is 23.1 Å². The molecule has 100 valence electrons. The molecule has 0 atom stereocenters. The first kappa shape index (κ1) is 13.5. The molecule has 0 bridgehead atoms. The summed E-state index contributed by atoms with van der Waals surface area (Å²) < 4.78 is 5.39. The number of aromatic nitrogens is 2. The Labute approximate surface area is 113 Å². The van der Waals surface area contributed by atoms with Crippen molar-refractivity contribution in [3.63, 3.8) is 0 Å². The highest BCUT2D eigenvalue weighted by Crippen LogP contribution is 2.25. The van der Waals surface area contributed by atoms with E-state index in [1.165, 1.54) is 0 Å². The summed E-state index contributed by atoms with van der Waals surface area (Å²) in [6, 6.07) is 6.51. The molecule has 19 heavy (non-hydrogen) atoms. The summed E-state index contributed by atoms with van der Waals surface area (Å²) in [5.74, 6) is 0.890. The Bertz CT molecular complexity index is 526. The van der Waals surface area contributed by atoms with E-state index >= 15 is 0 Å². The Kier molecular flexibility index (Phi) is 4.47. The molecule has 2 aromatic rings. The van der Waals surface area contributed by atoms with E-state index in [0.717, 1.165) is 29.1 Å². The predicted molar refractivity (Wildman–Crippen MR) is 76.0 cm³/mol. The number of nitrogens with one attached hydrogen (secondary N) is 1. The number of methoxy groups -OCH3 is 1. The van der Waals surface area contributed by atoms with E-state index in [0.29, 0.717) is 6.04 Å². The van der Waals surface area contributed by atoms with Crippen LogP contribution in [-0.2, 0) is 6.54 Å². The van der Waals surface area contributed by atoms with Gasteiger partial charge < -0.3 is 10.1 Å². The second-order valence-electron chi connectivity index (χ2n) is 4.65. The fourth-order valence-corrected chi connectivity index (χ4v) is 1.84. The van der Waals surface area contributed by atoms with Crippen molar-refractivity contribution >= 4 is 0 Å². The molecule has 0 aliphatic heterocycles. The summed E-state index contributed by atoms with van der Waals surface area (Å²) in [7, 11) is 1.69. The van der Waals surface area contributed by atoms with E-state index in [1.807, 2.05) is 12.1 Å². The van der Waals surface area contributed by atoms with E-state index in [-0.39, 0.29) is 0 Å². The highest BCUT2D eigenvalue weighted by Gasteiger charge is 2.07. The van der Waals surface area contributed by atoms with Gasteiger partial charge in [-0.15, -0.1) is 0 Å². The van der Waals surface area contributed by atoms with Crippen LogP contribution in [0.15, 0.2) is 36.8 Å². The highest BCUT2D eigenvalue weighted by molar-refractivity contribution is 5.61. The van der Waals surface area contributed by atoms with Gasteiger partial charge in [-0.05, 0) is 18.2 Å². The zero-order chi connectivity index (χ0) is 13.7. The molecule has 1 aromatic heterocycles. The molecule has 1 N–H and O–H groups in total. The van der Waals surface area contributed by atoms with Crippen LogP contribution in [0.3, 0.4) is 0 Å². The third-order valence-corrected chi connectivity index (χ3v) is 2.84. The Morgan fingerprint density at radius 1 is 1.26 bits per heavy atom. The van der Waals surface area contributed by atoms with Crippen LogP contribution < -0.4 is 10.1 Å². The maximum atomic E-state index is 5.39. The molecule has 0 saturated carbocycles. The fourth-order valence-electron chi connectivity index (χ4n) is 1.84. The summed E-state index contributed by atoms with van der Waals surface area (Å²) in [5, 5.41) is 3.40. The maximum absolute atomic E-state index is 5.39. The predicted octanol–water partition coefficient (Wildman–Crippen LogP) is 2.65. The minimum Gasteiger partial charge on any atom is -0.496 e. The molecule has 0 aliphatic rings. The Hall–Kier alpha value is -1.94. The summed E-state index contributed by atoms with van der Waals surface area (Å²) in [6.45, 7) is 5.02. The molecule has 0 saturated heterocycles. The van der Waals surface area contributed by atoms with Crippen molar-refractivity contribution in [1.29, 1.82) is 0 Å². The van der Waals surface area contributed by atoms with Crippen molar-refractivity contribution in [2.24, 2.45) is 0 Å². The first-order chi connectivity index (χ1) is 9.20. The summed E-state index contributed by atoms with van der Waals surface area (Å²) in [5.41, 5.74) is 3.05. The van der Waals surface area contributed by atoms with Crippen LogP contribution in [0.2, 0.25) is 0 Å². The molecule has 0 radical (unpaired) electrons. The lowest BCUT2D eigenvalue weighted by Crippen LogP contribution is -2.22. The lowest BCUT2D eigenvalue weighted by atomic mass is 10.1. The van der Waals surface area contributed by atoms with Crippen LogP contribution >= 0.6 is 0 Å². The summed E-state index contributed by atoms with van der Waals surface area (Å²) in [4.78, 5) is 8.42. The zero-order valence-corrected chi connectivity index (χ0v) is 11.6. The van der Waals surface area contributed by atoms with Crippen molar-refractivity contribution in [3.8, 4) is 17.0 Å². The number of nitrogens with zero attached hydrogens (tertiary/aromatic N) is 2. The number of benzene rings is 1. The van der Waals surface area contributed by atoms with Gasteiger partial charge in [-0.25, -0.2) is 0 Å². The first-order valence-electron chi connectivity index (χ1n) is 6.37. The van der Waals surface area contributed by atoms with Crippen molar-refractivity contribution in [3.05, 3.63) is 42.4 Å².